The average Bonchev–Trinajstić information content (AvgIpc) is 3.64. The molecular weight excluding hydrogens is 506 g/mol. The lowest BCUT2D eigenvalue weighted by atomic mass is 9.95. The summed E-state index contributed by atoms with van der Waals surface area (Å²) in [5.41, 5.74) is 1.61. The SMILES string of the molecule is CCC(=S)N1C[C@@H]2C[C@]2(c2cc(F)cc(F)c2)C1.CN=C=S.Fc1cc(F)cc([C@@]23CNC[C@@H]2C3)c1. The Kier molecular flexibility index (Phi) is 7.95. The van der Waals surface area contributed by atoms with Crippen molar-refractivity contribution in [2.75, 3.05) is 33.2 Å². The van der Waals surface area contributed by atoms with E-state index in [0.717, 1.165) is 73.7 Å². The van der Waals surface area contributed by atoms with E-state index in [4.69, 9.17) is 12.2 Å². The number of likely N-dealkylation sites (tertiary alicyclic amines) is 1. The first-order valence-electron chi connectivity index (χ1n) is 12.0. The zero-order valence-electron chi connectivity index (χ0n) is 20.3. The van der Waals surface area contributed by atoms with Gasteiger partial charge in [0.25, 0.3) is 0 Å². The van der Waals surface area contributed by atoms with Crippen LogP contribution in [0.2, 0.25) is 0 Å². The summed E-state index contributed by atoms with van der Waals surface area (Å²) in [6.07, 6.45) is 2.96. The summed E-state index contributed by atoms with van der Waals surface area (Å²) in [5.74, 6) is -0.811. The van der Waals surface area contributed by atoms with E-state index in [0.29, 0.717) is 11.8 Å². The highest BCUT2D eigenvalue weighted by atomic mass is 32.1. The van der Waals surface area contributed by atoms with Crippen LogP contribution < -0.4 is 5.32 Å². The van der Waals surface area contributed by atoms with E-state index >= 15 is 0 Å². The molecule has 0 aromatic heterocycles. The number of aliphatic imine (C=N–C) groups is 1. The lowest BCUT2D eigenvalue weighted by Crippen LogP contribution is -2.31. The quantitative estimate of drug-likeness (QED) is 0.305. The number of nitrogens with zero attached hydrogens (tertiary/aromatic N) is 2. The third-order valence-electron chi connectivity index (χ3n) is 7.83. The number of hydrogen-bond acceptors (Lipinski definition) is 4. The highest BCUT2D eigenvalue weighted by Gasteiger charge is 2.61. The summed E-state index contributed by atoms with van der Waals surface area (Å²) in [5, 5.41) is 5.39. The molecule has 1 N–H and O–H groups in total. The molecule has 3 nitrogen and oxygen atoms in total. The third-order valence-corrected chi connectivity index (χ3v) is 8.56. The largest absolute Gasteiger partial charge is 0.365 e. The maximum atomic E-state index is 13.3. The highest BCUT2D eigenvalue weighted by Crippen LogP contribution is 2.59. The Bertz CT molecular complexity index is 1160. The van der Waals surface area contributed by atoms with Crippen molar-refractivity contribution in [3.8, 4) is 0 Å². The lowest BCUT2D eigenvalue weighted by molar-refractivity contribution is 0.446. The Morgan fingerprint density at radius 3 is 1.89 bits per heavy atom. The zero-order valence-corrected chi connectivity index (χ0v) is 21.9. The molecule has 2 aliphatic carbocycles. The molecule has 2 saturated heterocycles. The number of thiocarbonyl (C=S) groups is 2. The number of hydrogen-bond donors (Lipinski definition) is 1. The van der Waals surface area contributed by atoms with Crippen LogP contribution in [0.1, 0.15) is 37.3 Å². The maximum Gasteiger partial charge on any atom is 0.126 e. The Labute approximate surface area is 220 Å². The van der Waals surface area contributed by atoms with Crippen molar-refractivity contribution >= 4 is 34.6 Å². The molecular formula is C27H29F4N3S2. The molecule has 2 aliphatic heterocycles. The van der Waals surface area contributed by atoms with Gasteiger partial charge in [-0.3, -0.25) is 0 Å². The second kappa shape index (κ2) is 10.7. The topological polar surface area (TPSA) is 27.6 Å². The van der Waals surface area contributed by atoms with Gasteiger partial charge in [0.2, 0.25) is 0 Å². The average molecular weight is 536 g/mol. The predicted molar refractivity (Wildman–Crippen MR) is 141 cm³/mol. The van der Waals surface area contributed by atoms with Crippen molar-refractivity contribution in [1.29, 1.82) is 0 Å². The molecule has 4 atom stereocenters. The fourth-order valence-corrected chi connectivity index (χ4v) is 5.95. The zero-order chi connectivity index (χ0) is 26.1. The van der Waals surface area contributed by atoms with Gasteiger partial charge in [0.1, 0.15) is 23.3 Å². The van der Waals surface area contributed by atoms with Crippen LogP contribution in [0.3, 0.4) is 0 Å². The van der Waals surface area contributed by atoms with E-state index in [-0.39, 0.29) is 10.8 Å². The van der Waals surface area contributed by atoms with Crippen LogP contribution >= 0.6 is 24.4 Å². The normalized spacial score (nSPS) is 28.4. The minimum Gasteiger partial charge on any atom is -0.365 e. The number of rotatable bonds is 3. The number of halogens is 4. The van der Waals surface area contributed by atoms with Gasteiger partial charge in [0.05, 0.1) is 10.1 Å². The molecule has 4 fully saturated rings. The summed E-state index contributed by atoms with van der Waals surface area (Å²) in [6.45, 7) is 5.64. The Hall–Kier alpha value is -2.19. The van der Waals surface area contributed by atoms with Gasteiger partial charge in [0, 0.05) is 49.6 Å². The predicted octanol–water partition coefficient (Wildman–Crippen LogP) is 5.82. The first-order valence-corrected chi connectivity index (χ1v) is 12.9. The Morgan fingerprint density at radius 2 is 1.47 bits per heavy atom. The van der Waals surface area contributed by atoms with Crippen LogP contribution in [-0.2, 0) is 10.8 Å². The molecule has 9 heteroatoms. The van der Waals surface area contributed by atoms with Gasteiger partial charge < -0.3 is 10.2 Å². The molecule has 2 aromatic carbocycles. The summed E-state index contributed by atoms with van der Waals surface area (Å²) >= 11 is 9.45. The number of nitrogens with one attached hydrogen (secondary N) is 1. The van der Waals surface area contributed by atoms with Crippen LogP contribution in [0.5, 0.6) is 0 Å². The van der Waals surface area contributed by atoms with Crippen LogP contribution in [0, 0.1) is 35.1 Å². The Balaban J connectivity index is 0.000000151. The molecule has 0 unspecified atom stereocenters. The van der Waals surface area contributed by atoms with Gasteiger partial charge in [-0.15, -0.1) is 0 Å². The number of benzene rings is 2. The summed E-state index contributed by atoms with van der Waals surface area (Å²) < 4.78 is 52.6. The van der Waals surface area contributed by atoms with Crippen LogP contribution in [0.4, 0.5) is 17.6 Å². The van der Waals surface area contributed by atoms with Crippen molar-refractivity contribution < 1.29 is 17.6 Å². The van der Waals surface area contributed by atoms with Crippen molar-refractivity contribution in [2.45, 2.75) is 37.0 Å². The van der Waals surface area contributed by atoms with E-state index in [1.54, 1.807) is 7.05 Å². The summed E-state index contributed by atoms with van der Waals surface area (Å²) in [6, 6.07) is 7.75. The summed E-state index contributed by atoms with van der Waals surface area (Å²) in [7, 11) is 1.59. The summed E-state index contributed by atoms with van der Waals surface area (Å²) in [4.78, 5) is 6.44. The molecule has 0 spiro atoms. The van der Waals surface area contributed by atoms with Crippen LogP contribution in [-0.4, -0.2) is 48.3 Å². The minimum absolute atomic E-state index is 0.0446. The smallest absolute Gasteiger partial charge is 0.126 e. The molecule has 4 aliphatic rings. The molecule has 2 heterocycles. The number of isothiocyanates is 1. The van der Waals surface area contributed by atoms with Crippen molar-refractivity contribution in [3.63, 3.8) is 0 Å². The van der Waals surface area contributed by atoms with Gasteiger partial charge in [-0.1, -0.05) is 19.1 Å². The molecule has 0 amide bonds. The van der Waals surface area contributed by atoms with E-state index in [1.165, 1.54) is 24.3 Å². The molecule has 0 bridgehead atoms. The molecule has 0 radical (unpaired) electrons. The number of piperidine rings is 2. The monoisotopic (exact) mass is 535 g/mol. The standard InChI is InChI=1S/C14H15F2NS.C11H11F2N.C2H3NS/c1-2-13(18)17-7-10-6-14(10,8-17)9-3-11(15)5-12(16)4-9;12-9-1-7(2-10(13)3-9)11-4-8(11)5-14-6-11;1-3-2-4/h3-5,10H,2,6-8H2,1H3;1-3,8,14H,4-6H2;1H3/t10-,14+;8-,11+;/m00./s1. The van der Waals surface area contributed by atoms with Crippen molar-refractivity contribution in [3.05, 3.63) is 70.8 Å². The number of fused-ring (bicyclic) bond motifs is 2. The van der Waals surface area contributed by atoms with E-state index < -0.39 is 23.3 Å². The van der Waals surface area contributed by atoms with Gasteiger partial charge in [0.15, 0.2) is 0 Å². The van der Waals surface area contributed by atoms with Crippen molar-refractivity contribution in [1.82, 2.24) is 10.2 Å². The Morgan fingerprint density at radius 1 is 0.972 bits per heavy atom. The minimum atomic E-state index is -0.485. The lowest BCUT2D eigenvalue weighted by Gasteiger charge is -2.23. The van der Waals surface area contributed by atoms with E-state index in [2.05, 4.69) is 32.6 Å². The van der Waals surface area contributed by atoms with Crippen LogP contribution in [0.25, 0.3) is 0 Å². The molecule has 36 heavy (non-hydrogen) atoms. The van der Waals surface area contributed by atoms with Gasteiger partial charge >= 0.3 is 0 Å². The fourth-order valence-electron chi connectivity index (χ4n) is 5.82. The van der Waals surface area contributed by atoms with E-state index in [9.17, 15) is 17.6 Å². The first kappa shape index (κ1) is 26.9. The second-order valence-electron chi connectivity index (χ2n) is 10.0. The van der Waals surface area contributed by atoms with Gasteiger partial charge in [-0.05, 0) is 85.3 Å². The second-order valence-corrected chi connectivity index (χ2v) is 10.7. The molecule has 2 aromatic rings. The fraction of sp³-hybridized carbons (Fsp3) is 0.481. The molecule has 6 rings (SSSR count). The maximum absolute atomic E-state index is 13.3. The molecule has 192 valence electrons. The molecule has 2 saturated carbocycles. The third kappa shape index (κ3) is 5.40. The van der Waals surface area contributed by atoms with Crippen molar-refractivity contribution in [2.24, 2.45) is 16.8 Å². The van der Waals surface area contributed by atoms with Crippen LogP contribution in [0.15, 0.2) is 41.4 Å². The first-order chi connectivity index (χ1) is 17.2. The van der Waals surface area contributed by atoms with E-state index in [1.807, 2.05) is 6.92 Å². The highest BCUT2D eigenvalue weighted by molar-refractivity contribution is 7.80. The van der Waals surface area contributed by atoms with Gasteiger partial charge in [-0.25, -0.2) is 22.6 Å². The van der Waals surface area contributed by atoms with Gasteiger partial charge in [-0.2, -0.15) is 0 Å².